The summed E-state index contributed by atoms with van der Waals surface area (Å²) in [5.41, 5.74) is 1.56. The van der Waals surface area contributed by atoms with Crippen molar-refractivity contribution in [1.82, 2.24) is 5.32 Å². The molecule has 0 aromatic heterocycles. The topological polar surface area (TPSA) is 87.7 Å². The van der Waals surface area contributed by atoms with E-state index in [2.05, 4.69) is 17.2 Å². The van der Waals surface area contributed by atoms with Gasteiger partial charge in [-0.25, -0.2) is 0 Å². The molecule has 0 aliphatic carbocycles. The molecule has 0 saturated carbocycles. The van der Waals surface area contributed by atoms with Gasteiger partial charge in [-0.3, -0.25) is 9.59 Å². The van der Waals surface area contributed by atoms with Crippen LogP contribution in [0.1, 0.15) is 12.0 Å². The second kappa shape index (κ2) is 6.90. The minimum Gasteiger partial charge on any atom is -0.482 e. The molecule has 1 unspecified atom stereocenters. The van der Waals surface area contributed by atoms with Crippen molar-refractivity contribution >= 4 is 17.6 Å². The molecule has 6 heteroatoms. The Hall–Kier alpha value is -2.34. The first kappa shape index (κ1) is 15.1. The minimum absolute atomic E-state index is 0.0216. The van der Waals surface area contributed by atoms with E-state index >= 15 is 0 Å². The van der Waals surface area contributed by atoms with E-state index in [4.69, 9.17) is 9.84 Å². The first-order chi connectivity index (χ1) is 10.1. The Bertz CT molecular complexity index is 557. The van der Waals surface area contributed by atoms with Crippen LogP contribution < -0.4 is 15.4 Å². The molecule has 1 aliphatic rings. The number of carboxylic acid groups (broad SMARTS) is 1. The Balaban J connectivity index is 2.09. The molecule has 3 N–H and O–H groups in total. The Kier molecular flexibility index (Phi) is 4.94. The number of aliphatic carboxylic acids is 1. The molecule has 1 aliphatic heterocycles. The summed E-state index contributed by atoms with van der Waals surface area (Å²) in [7, 11) is 0. The van der Waals surface area contributed by atoms with Gasteiger partial charge < -0.3 is 20.5 Å². The van der Waals surface area contributed by atoms with Gasteiger partial charge in [-0.05, 0) is 24.1 Å². The van der Waals surface area contributed by atoms with E-state index in [1.165, 1.54) is 0 Å². The molecule has 0 saturated heterocycles. The molecule has 1 atom stereocenters. The van der Waals surface area contributed by atoms with Crippen LogP contribution in [0.3, 0.4) is 0 Å². The molecule has 1 aromatic rings. The maximum absolute atomic E-state index is 11.3. The maximum Gasteiger partial charge on any atom is 0.304 e. The number of carbonyl (C=O) groups excluding carboxylic acids is 1. The zero-order valence-corrected chi connectivity index (χ0v) is 11.6. The van der Waals surface area contributed by atoms with Gasteiger partial charge >= 0.3 is 5.97 Å². The lowest BCUT2D eigenvalue weighted by molar-refractivity contribution is -0.137. The SMILES string of the molecule is C=CCNC(CC(=O)O)Cc1ccc2c(c1)NC(=O)CO2. The number of benzene rings is 1. The molecular weight excluding hydrogens is 272 g/mol. The second-order valence-corrected chi connectivity index (χ2v) is 4.86. The van der Waals surface area contributed by atoms with Crippen LogP contribution in [0.5, 0.6) is 5.75 Å². The third kappa shape index (κ3) is 4.32. The number of fused-ring (bicyclic) bond motifs is 1. The van der Waals surface area contributed by atoms with Gasteiger partial charge in [-0.1, -0.05) is 12.1 Å². The molecule has 0 radical (unpaired) electrons. The standard InChI is InChI=1S/C15H18N2O4/c1-2-5-16-11(8-15(19)20)6-10-3-4-13-12(7-10)17-14(18)9-21-13/h2-4,7,11,16H,1,5-6,8-9H2,(H,17,18)(H,19,20). The molecule has 112 valence electrons. The number of anilines is 1. The summed E-state index contributed by atoms with van der Waals surface area (Å²) < 4.78 is 5.29. The summed E-state index contributed by atoms with van der Waals surface area (Å²) in [6.07, 6.45) is 2.26. The highest BCUT2D eigenvalue weighted by Gasteiger charge is 2.18. The highest BCUT2D eigenvalue weighted by Crippen LogP contribution is 2.28. The van der Waals surface area contributed by atoms with Crippen molar-refractivity contribution in [2.24, 2.45) is 0 Å². The van der Waals surface area contributed by atoms with Crippen LogP contribution in [0.15, 0.2) is 30.9 Å². The van der Waals surface area contributed by atoms with E-state index in [0.717, 1.165) is 5.56 Å². The van der Waals surface area contributed by atoms with Gasteiger partial charge in [0, 0.05) is 12.6 Å². The van der Waals surface area contributed by atoms with Crippen molar-refractivity contribution in [2.45, 2.75) is 18.9 Å². The van der Waals surface area contributed by atoms with Gasteiger partial charge in [-0.15, -0.1) is 6.58 Å². The number of carboxylic acids is 1. The van der Waals surface area contributed by atoms with Crippen molar-refractivity contribution < 1.29 is 19.4 Å². The summed E-state index contributed by atoms with van der Waals surface area (Å²) >= 11 is 0. The molecule has 0 fully saturated rings. The van der Waals surface area contributed by atoms with E-state index in [1.54, 1.807) is 12.1 Å². The summed E-state index contributed by atoms with van der Waals surface area (Å²) in [6, 6.07) is 5.28. The lowest BCUT2D eigenvalue weighted by Gasteiger charge is -2.20. The van der Waals surface area contributed by atoms with Gasteiger partial charge in [0.15, 0.2) is 6.61 Å². The Labute approximate surface area is 122 Å². The summed E-state index contributed by atoms with van der Waals surface area (Å²) in [6.45, 7) is 4.18. The second-order valence-electron chi connectivity index (χ2n) is 4.86. The van der Waals surface area contributed by atoms with E-state index in [9.17, 15) is 9.59 Å². The predicted octanol–water partition coefficient (Wildman–Crippen LogP) is 1.18. The number of hydrogen-bond acceptors (Lipinski definition) is 4. The third-order valence-electron chi connectivity index (χ3n) is 3.13. The number of carbonyl (C=O) groups is 2. The smallest absolute Gasteiger partial charge is 0.304 e. The van der Waals surface area contributed by atoms with E-state index in [1.807, 2.05) is 12.1 Å². The molecule has 0 bridgehead atoms. The molecule has 1 heterocycles. The van der Waals surface area contributed by atoms with Crippen LogP contribution in [-0.4, -0.2) is 36.2 Å². The fourth-order valence-corrected chi connectivity index (χ4v) is 2.22. The Morgan fingerprint density at radius 2 is 2.38 bits per heavy atom. The van der Waals surface area contributed by atoms with E-state index in [-0.39, 0.29) is 25.0 Å². The fraction of sp³-hybridized carbons (Fsp3) is 0.333. The fourth-order valence-electron chi connectivity index (χ4n) is 2.22. The molecule has 2 rings (SSSR count). The van der Waals surface area contributed by atoms with Crippen molar-refractivity contribution in [1.29, 1.82) is 0 Å². The largest absolute Gasteiger partial charge is 0.482 e. The number of hydrogen-bond donors (Lipinski definition) is 3. The van der Waals surface area contributed by atoms with Crippen molar-refractivity contribution in [3.05, 3.63) is 36.4 Å². The minimum atomic E-state index is -0.855. The molecular formula is C15H18N2O4. The van der Waals surface area contributed by atoms with E-state index in [0.29, 0.717) is 24.4 Å². The molecule has 21 heavy (non-hydrogen) atoms. The average Bonchev–Trinajstić information content (AvgIpc) is 2.43. The third-order valence-corrected chi connectivity index (χ3v) is 3.13. The first-order valence-electron chi connectivity index (χ1n) is 6.70. The maximum atomic E-state index is 11.3. The van der Waals surface area contributed by atoms with Crippen LogP contribution in [0.25, 0.3) is 0 Å². The van der Waals surface area contributed by atoms with Crippen LogP contribution in [0.4, 0.5) is 5.69 Å². The van der Waals surface area contributed by atoms with Crippen molar-refractivity contribution in [2.75, 3.05) is 18.5 Å². The molecule has 6 nitrogen and oxygen atoms in total. The van der Waals surface area contributed by atoms with Crippen LogP contribution in [-0.2, 0) is 16.0 Å². The summed E-state index contributed by atoms with van der Waals surface area (Å²) in [5, 5.41) is 14.8. The van der Waals surface area contributed by atoms with Crippen molar-refractivity contribution in [3.63, 3.8) is 0 Å². The number of rotatable bonds is 7. The highest BCUT2D eigenvalue weighted by atomic mass is 16.5. The van der Waals surface area contributed by atoms with E-state index < -0.39 is 5.97 Å². The zero-order valence-electron chi connectivity index (χ0n) is 11.6. The zero-order chi connectivity index (χ0) is 15.2. The van der Waals surface area contributed by atoms with Gasteiger partial charge in [0.25, 0.3) is 5.91 Å². The predicted molar refractivity (Wildman–Crippen MR) is 78.5 cm³/mol. The summed E-state index contributed by atoms with van der Waals surface area (Å²) in [4.78, 5) is 22.2. The lowest BCUT2D eigenvalue weighted by Crippen LogP contribution is -2.33. The molecule has 1 amide bonds. The number of ether oxygens (including phenoxy) is 1. The van der Waals surface area contributed by atoms with Crippen LogP contribution in [0, 0.1) is 0 Å². The molecule has 0 spiro atoms. The van der Waals surface area contributed by atoms with Crippen LogP contribution in [0.2, 0.25) is 0 Å². The number of nitrogens with one attached hydrogen (secondary N) is 2. The Morgan fingerprint density at radius 1 is 1.57 bits per heavy atom. The highest BCUT2D eigenvalue weighted by molar-refractivity contribution is 5.95. The molecule has 1 aromatic carbocycles. The van der Waals surface area contributed by atoms with Crippen molar-refractivity contribution in [3.8, 4) is 5.75 Å². The Morgan fingerprint density at radius 3 is 3.10 bits per heavy atom. The van der Waals surface area contributed by atoms with Crippen LogP contribution >= 0.6 is 0 Å². The lowest BCUT2D eigenvalue weighted by atomic mass is 10.0. The number of amides is 1. The van der Waals surface area contributed by atoms with Gasteiger partial charge in [0.1, 0.15) is 5.75 Å². The monoisotopic (exact) mass is 290 g/mol. The van der Waals surface area contributed by atoms with Gasteiger partial charge in [0.2, 0.25) is 0 Å². The quantitative estimate of drug-likeness (QED) is 0.656. The summed E-state index contributed by atoms with van der Waals surface area (Å²) in [5.74, 6) is -0.412. The normalized spacial score (nSPS) is 14.6. The van der Waals surface area contributed by atoms with Gasteiger partial charge in [0.05, 0.1) is 12.1 Å². The average molecular weight is 290 g/mol. The van der Waals surface area contributed by atoms with Gasteiger partial charge in [-0.2, -0.15) is 0 Å². The first-order valence-corrected chi connectivity index (χ1v) is 6.70.